The van der Waals surface area contributed by atoms with Crippen molar-refractivity contribution in [3.8, 4) is 5.75 Å². The van der Waals surface area contributed by atoms with E-state index in [9.17, 15) is 5.11 Å². The molecule has 0 heterocycles. The lowest BCUT2D eigenvalue weighted by atomic mass is 9.94. The van der Waals surface area contributed by atoms with Gasteiger partial charge in [-0.3, -0.25) is 0 Å². The molecule has 1 atom stereocenters. The van der Waals surface area contributed by atoms with E-state index in [1.807, 2.05) is 24.3 Å². The van der Waals surface area contributed by atoms with E-state index >= 15 is 0 Å². The molecule has 2 aromatic rings. The quantitative estimate of drug-likeness (QED) is 0.447. The largest absolute Gasteiger partial charge is 0.520 e. The number of phenolic OH excluding ortho intramolecular Hbond substituents is 1. The Labute approximate surface area is 117 Å². The van der Waals surface area contributed by atoms with Crippen molar-refractivity contribution in [3.05, 3.63) is 41.3 Å². The second-order valence-corrected chi connectivity index (χ2v) is 5.68. The minimum Gasteiger partial charge on any atom is -0.520 e. The highest BCUT2D eigenvalue weighted by Gasteiger charge is 2.23. The Hall–Kier alpha value is -0.990. The highest BCUT2D eigenvalue weighted by Crippen LogP contribution is 2.48. The molecule has 1 N–H and O–H groups in total. The lowest BCUT2D eigenvalue weighted by Gasteiger charge is -2.21. The van der Waals surface area contributed by atoms with Gasteiger partial charge in [0, 0.05) is 10.8 Å². The van der Waals surface area contributed by atoms with Crippen LogP contribution in [0.25, 0.3) is 10.8 Å². The molecule has 0 aromatic heterocycles. The number of fused-ring (bicyclic) bond motifs is 3. The van der Waals surface area contributed by atoms with Crippen LogP contribution < -0.4 is 0 Å². The van der Waals surface area contributed by atoms with Crippen molar-refractivity contribution in [2.75, 3.05) is 5.88 Å². The van der Waals surface area contributed by atoms with Gasteiger partial charge in [-0.25, -0.2) is 0 Å². The Morgan fingerprint density at radius 2 is 2.28 bits per heavy atom. The molecule has 0 amide bonds. The second-order valence-electron chi connectivity index (χ2n) is 4.89. The van der Waals surface area contributed by atoms with Gasteiger partial charge in [0.05, 0.1) is 5.75 Å². The van der Waals surface area contributed by atoms with Crippen molar-refractivity contribution in [2.45, 2.75) is 24.2 Å². The molecule has 0 spiro atoms. The van der Waals surface area contributed by atoms with Gasteiger partial charge >= 0.3 is 0 Å². The van der Waals surface area contributed by atoms with Gasteiger partial charge in [-0.15, -0.1) is 35.9 Å². The molecule has 1 unspecified atom stereocenters. The average Bonchev–Trinajstić information content (AvgIpc) is 2.67. The highest BCUT2D eigenvalue weighted by atomic mass is 35.5. The van der Waals surface area contributed by atoms with E-state index < -0.39 is 0 Å². The maximum absolute atomic E-state index is 10.2. The third-order valence-electron chi connectivity index (χ3n) is 3.77. The fourth-order valence-electron chi connectivity index (χ4n) is 2.95. The summed E-state index contributed by atoms with van der Waals surface area (Å²) in [6.45, 7) is 2.11. The van der Waals surface area contributed by atoms with Gasteiger partial charge in [-0.05, 0) is 11.5 Å². The van der Waals surface area contributed by atoms with Crippen molar-refractivity contribution >= 4 is 35.0 Å². The van der Waals surface area contributed by atoms with Crippen LogP contribution in [0.15, 0.2) is 29.2 Å². The van der Waals surface area contributed by atoms with Crippen molar-refractivity contribution in [2.24, 2.45) is 0 Å². The van der Waals surface area contributed by atoms with E-state index in [0.717, 1.165) is 27.7 Å². The molecule has 0 saturated heterocycles. The first kappa shape index (κ1) is 12.1. The van der Waals surface area contributed by atoms with Crippen LogP contribution in [-0.2, 0) is 0 Å². The van der Waals surface area contributed by atoms with E-state index in [0.29, 0.717) is 17.5 Å². The molecule has 0 radical (unpaired) electrons. The summed E-state index contributed by atoms with van der Waals surface area (Å²) in [5.41, 5.74) is 2.40. The first-order valence-electron chi connectivity index (χ1n) is 5.99. The molecule has 3 rings (SSSR count). The minimum absolute atomic E-state index is 0.328. The maximum atomic E-state index is 10.2. The van der Waals surface area contributed by atoms with E-state index in [-0.39, 0.29) is 0 Å². The third kappa shape index (κ3) is 1.59. The van der Waals surface area contributed by atoms with Gasteiger partial charge in [0.25, 0.3) is 0 Å². The van der Waals surface area contributed by atoms with Gasteiger partial charge in [0.2, 0.25) is 0 Å². The lowest BCUT2D eigenvalue weighted by molar-refractivity contribution is 0.481. The van der Waals surface area contributed by atoms with Crippen molar-refractivity contribution in [1.29, 1.82) is 0 Å². The SMILES string of the molecule is C[C-]1CC(CCl)c2c1cc(O)c1cccc(S)c21. The number of hydrogen-bond acceptors (Lipinski definition) is 2. The zero-order chi connectivity index (χ0) is 12.9. The topological polar surface area (TPSA) is 20.2 Å². The number of halogens is 1. The molecule has 1 aliphatic carbocycles. The van der Waals surface area contributed by atoms with Crippen molar-refractivity contribution < 1.29 is 5.11 Å². The number of benzene rings is 2. The Morgan fingerprint density at radius 1 is 1.50 bits per heavy atom. The van der Waals surface area contributed by atoms with Gasteiger partial charge in [-0.2, -0.15) is 11.5 Å². The zero-order valence-corrected chi connectivity index (χ0v) is 11.7. The molecule has 0 fully saturated rings. The number of thiol groups is 1. The van der Waals surface area contributed by atoms with Crippen LogP contribution in [0.5, 0.6) is 5.75 Å². The van der Waals surface area contributed by atoms with Crippen LogP contribution >= 0.6 is 24.2 Å². The predicted molar refractivity (Wildman–Crippen MR) is 79.0 cm³/mol. The minimum atomic E-state index is 0.328. The van der Waals surface area contributed by atoms with E-state index in [4.69, 9.17) is 11.6 Å². The van der Waals surface area contributed by atoms with Gasteiger partial charge < -0.3 is 5.11 Å². The van der Waals surface area contributed by atoms with Gasteiger partial charge in [-0.1, -0.05) is 36.8 Å². The monoisotopic (exact) mass is 277 g/mol. The van der Waals surface area contributed by atoms with Crippen LogP contribution in [0.1, 0.15) is 30.4 Å². The third-order valence-corrected chi connectivity index (χ3v) is 4.51. The predicted octanol–water partition coefficient (Wildman–Crippen LogP) is 4.50. The van der Waals surface area contributed by atoms with E-state index in [2.05, 4.69) is 19.6 Å². The summed E-state index contributed by atoms with van der Waals surface area (Å²) >= 11 is 10.6. The van der Waals surface area contributed by atoms with Crippen LogP contribution in [0.4, 0.5) is 0 Å². The number of aromatic hydroxyl groups is 1. The van der Waals surface area contributed by atoms with E-state index in [1.54, 1.807) is 0 Å². The first-order chi connectivity index (χ1) is 8.63. The first-order valence-corrected chi connectivity index (χ1v) is 6.98. The molecule has 94 valence electrons. The summed E-state index contributed by atoms with van der Waals surface area (Å²) in [5.74, 6) is 2.56. The Bertz CT molecular complexity index is 623. The lowest BCUT2D eigenvalue weighted by Crippen LogP contribution is -1.96. The summed E-state index contributed by atoms with van der Waals surface area (Å²) < 4.78 is 0. The molecule has 1 nitrogen and oxygen atoms in total. The highest BCUT2D eigenvalue weighted by molar-refractivity contribution is 7.80. The van der Waals surface area contributed by atoms with Gasteiger partial charge in [0.15, 0.2) is 0 Å². The van der Waals surface area contributed by atoms with Crippen LogP contribution in [0.2, 0.25) is 0 Å². The maximum Gasteiger partial charge on any atom is 0.0684 e. The summed E-state index contributed by atoms with van der Waals surface area (Å²) in [5, 5.41) is 12.1. The fraction of sp³-hybridized carbons (Fsp3) is 0.267. The number of rotatable bonds is 1. The van der Waals surface area contributed by atoms with Crippen molar-refractivity contribution in [1.82, 2.24) is 0 Å². The fourth-order valence-corrected chi connectivity index (χ4v) is 3.54. The molecule has 2 aromatic carbocycles. The van der Waals surface area contributed by atoms with Crippen LogP contribution in [0, 0.1) is 5.92 Å². The average molecular weight is 278 g/mol. The molecule has 18 heavy (non-hydrogen) atoms. The zero-order valence-electron chi connectivity index (χ0n) is 10.1. The summed E-state index contributed by atoms with van der Waals surface area (Å²) in [4.78, 5) is 0.907. The normalized spacial score (nSPS) is 18.4. The Balaban J connectivity index is 2.44. The molecular weight excluding hydrogens is 264 g/mol. The molecule has 0 saturated carbocycles. The molecular formula is C15H14ClOS-. The second kappa shape index (κ2) is 4.29. The standard InChI is InChI=1S/C15H14ClOS/c1-8-5-9(7-16)14-11(8)6-12(17)10-3-2-4-13(18)15(10)14/h2-4,6,9,17-18H,5,7H2,1H3/q-1. The molecule has 0 bridgehead atoms. The summed E-state index contributed by atoms with van der Waals surface area (Å²) in [7, 11) is 0. The van der Waals surface area contributed by atoms with Crippen LogP contribution in [-0.4, -0.2) is 11.0 Å². The Morgan fingerprint density at radius 3 is 3.00 bits per heavy atom. The molecule has 0 aliphatic heterocycles. The smallest absolute Gasteiger partial charge is 0.0684 e. The van der Waals surface area contributed by atoms with Crippen molar-refractivity contribution in [3.63, 3.8) is 0 Å². The van der Waals surface area contributed by atoms with Crippen LogP contribution in [0.3, 0.4) is 0 Å². The van der Waals surface area contributed by atoms with Gasteiger partial charge in [0.1, 0.15) is 0 Å². The molecule has 1 aliphatic rings. The van der Waals surface area contributed by atoms with E-state index in [1.165, 1.54) is 11.5 Å². The summed E-state index contributed by atoms with van der Waals surface area (Å²) in [6.07, 6.45) is 0.972. The Kier molecular flexibility index (Phi) is 2.87. The molecule has 3 heteroatoms. The summed E-state index contributed by atoms with van der Waals surface area (Å²) in [6, 6.07) is 7.68. The number of alkyl halides is 1. The number of hydrogen-bond donors (Lipinski definition) is 2. The number of phenols is 1.